The molecule has 1 aliphatic heterocycles. The van der Waals surface area contributed by atoms with E-state index in [1.54, 1.807) is 35.2 Å². The van der Waals surface area contributed by atoms with Gasteiger partial charge in [0.1, 0.15) is 0 Å². The van der Waals surface area contributed by atoms with Gasteiger partial charge in [0.2, 0.25) is 5.91 Å². The van der Waals surface area contributed by atoms with Crippen LogP contribution >= 0.6 is 0 Å². The maximum atomic E-state index is 12.4. The quantitative estimate of drug-likeness (QED) is 0.744. The molecule has 1 fully saturated rings. The average Bonchev–Trinajstić information content (AvgIpc) is 3.12. The molecule has 2 amide bonds. The summed E-state index contributed by atoms with van der Waals surface area (Å²) in [5.41, 5.74) is 1.74. The molecule has 1 aliphatic rings. The predicted octanol–water partition coefficient (Wildman–Crippen LogP) is 3.04. The van der Waals surface area contributed by atoms with E-state index in [4.69, 9.17) is 9.47 Å². The summed E-state index contributed by atoms with van der Waals surface area (Å²) in [7, 11) is 1.47. The molecule has 0 radical (unpaired) electrons. The number of para-hydroxylation sites is 2. The molecule has 0 spiro atoms. The Morgan fingerprint density at radius 1 is 1.14 bits per heavy atom. The summed E-state index contributed by atoms with van der Waals surface area (Å²) in [5, 5.41) is 2.79. The number of hydrogen-bond donors (Lipinski definition) is 1. The molecule has 0 atom stereocenters. The standard InChI is InChI=1S/C21H22N2O5/c1-14(24)15-9-10-18(19(12-15)27-2)28-13-20(25)22-16-6-3-4-7-17(16)23-11-5-8-21(23)26/h3-4,6-7,9-10,12H,5,8,11,13H2,1-2H3,(H,22,25). The number of amides is 2. The highest BCUT2D eigenvalue weighted by Crippen LogP contribution is 2.30. The van der Waals surface area contributed by atoms with Crippen molar-refractivity contribution in [2.45, 2.75) is 19.8 Å². The zero-order valence-electron chi connectivity index (χ0n) is 15.9. The molecule has 7 nitrogen and oxygen atoms in total. The number of nitrogens with zero attached hydrogens (tertiary/aromatic N) is 1. The van der Waals surface area contributed by atoms with Crippen LogP contribution in [0, 0.1) is 0 Å². The first-order valence-corrected chi connectivity index (χ1v) is 9.00. The maximum absolute atomic E-state index is 12.4. The summed E-state index contributed by atoms with van der Waals surface area (Å²) in [6, 6.07) is 12.0. The molecule has 28 heavy (non-hydrogen) atoms. The van der Waals surface area contributed by atoms with Crippen LogP contribution in [0.1, 0.15) is 30.1 Å². The van der Waals surface area contributed by atoms with E-state index in [9.17, 15) is 14.4 Å². The summed E-state index contributed by atoms with van der Waals surface area (Å²) in [6.45, 7) is 1.87. The fraction of sp³-hybridized carbons (Fsp3) is 0.286. The first-order chi connectivity index (χ1) is 13.5. The Balaban J connectivity index is 1.67. The van der Waals surface area contributed by atoms with Crippen molar-refractivity contribution in [1.29, 1.82) is 0 Å². The minimum absolute atomic E-state index is 0.0493. The molecule has 2 aromatic carbocycles. The van der Waals surface area contributed by atoms with Gasteiger partial charge >= 0.3 is 0 Å². The highest BCUT2D eigenvalue weighted by atomic mass is 16.5. The van der Waals surface area contributed by atoms with Crippen LogP contribution in [0.5, 0.6) is 11.5 Å². The van der Waals surface area contributed by atoms with Crippen LogP contribution in [0.3, 0.4) is 0 Å². The number of ketones is 1. The van der Waals surface area contributed by atoms with Crippen molar-refractivity contribution in [2.75, 3.05) is 30.5 Å². The van der Waals surface area contributed by atoms with E-state index in [2.05, 4.69) is 5.32 Å². The molecular weight excluding hydrogens is 360 g/mol. The Morgan fingerprint density at radius 3 is 2.61 bits per heavy atom. The van der Waals surface area contributed by atoms with Crippen molar-refractivity contribution in [1.82, 2.24) is 0 Å². The second-order valence-corrected chi connectivity index (χ2v) is 6.42. The van der Waals surface area contributed by atoms with Crippen molar-refractivity contribution < 1.29 is 23.9 Å². The van der Waals surface area contributed by atoms with Crippen molar-refractivity contribution in [2.24, 2.45) is 0 Å². The number of rotatable bonds is 7. The summed E-state index contributed by atoms with van der Waals surface area (Å²) in [4.78, 5) is 37.5. The monoisotopic (exact) mass is 382 g/mol. The highest BCUT2D eigenvalue weighted by Gasteiger charge is 2.24. The van der Waals surface area contributed by atoms with Crippen LogP contribution in [0.25, 0.3) is 0 Å². The molecule has 0 aliphatic carbocycles. The van der Waals surface area contributed by atoms with E-state index in [-0.39, 0.29) is 24.2 Å². The summed E-state index contributed by atoms with van der Waals surface area (Å²) < 4.78 is 10.8. The molecule has 0 unspecified atom stereocenters. The van der Waals surface area contributed by atoms with Gasteiger partial charge in [-0.1, -0.05) is 12.1 Å². The van der Waals surface area contributed by atoms with Crippen LogP contribution in [-0.2, 0) is 9.59 Å². The molecule has 0 saturated carbocycles. The van der Waals surface area contributed by atoms with Crippen molar-refractivity contribution >= 4 is 29.0 Å². The van der Waals surface area contributed by atoms with Gasteiger partial charge in [-0.05, 0) is 43.7 Å². The van der Waals surface area contributed by atoms with Gasteiger partial charge in [0.05, 0.1) is 18.5 Å². The molecule has 2 aromatic rings. The lowest BCUT2D eigenvalue weighted by molar-refractivity contribution is -0.118. The van der Waals surface area contributed by atoms with Crippen LogP contribution in [0.2, 0.25) is 0 Å². The number of benzene rings is 2. The topological polar surface area (TPSA) is 84.9 Å². The summed E-state index contributed by atoms with van der Waals surface area (Å²) in [5.74, 6) is 0.343. The summed E-state index contributed by atoms with van der Waals surface area (Å²) >= 11 is 0. The Kier molecular flexibility index (Phi) is 5.93. The lowest BCUT2D eigenvalue weighted by Gasteiger charge is -2.20. The Morgan fingerprint density at radius 2 is 1.93 bits per heavy atom. The number of nitrogens with one attached hydrogen (secondary N) is 1. The Labute approximate surface area is 163 Å². The molecular formula is C21H22N2O5. The van der Waals surface area contributed by atoms with E-state index < -0.39 is 0 Å². The molecule has 0 aromatic heterocycles. The number of carbonyl (C=O) groups excluding carboxylic acids is 3. The molecule has 1 N–H and O–H groups in total. The van der Waals surface area contributed by atoms with Crippen LogP contribution < -0.4 is 19.7 Å². The SMILES string of the molecule is COc1cc(C(C)=O)ccc1OCC(=O)Nc1ccccc1N1CCCC1=O. The fourth-order valence-electron chi connectivity index (χ4n) is 3.05. The van der Waals surface area contributed by atoms with Crippen molar-refractivity contribution in [3.8, 4) is 11.5 Å². The fourth-order valence-corrected chi connectivity index (χ4v) is 3.05. The van der Waals surface area contributed by atoms with Gasteiger partial charge in [-0.15, -0.1) is 0 Å². The minimum Gasteiger partial charge on any atom is -0.493 e. The van der Waals surface area contributed by atoms with Gasteiger partial charge in [0, 0.05) is 18.5 Å². The normalized spacial score (nSPS) is 13.4. The number of ether oxygens (including phenoxy) is 2. The molecule has 146 valence electrons. The molecule has 3 rings (SSSR count). The Bertz CT molecular complexity index is 909. The molecule has 1 saturated heterocycles. The molecule has 1 heterocycles. The number of anilines is 2. The number of hydrogen-bond acceptors (Lipinski definition) is 5. The largest absolute Gasteiger partial charge is 0.493 e. The first-order valence-electron chi connectivity index (χ1n) is 9.00. The zero-order chi connectivity index (χ0) is 20.1. The van der Waals surface area contributed by atoms with E-state index in [1.165, 1.54) is 14.0 Å². The van der Waals surface area contributed by atoms with Gasteiger partial charge in [-0.3, -0.25) is 14.4 Å². The van der Waals surface area contributed by atoms with Gasteiger partial charge in [-0.25, -0.2) is 0 Å². The number of methoxy groups -OCH3 is 1. The third-order valence-electron chi connectivity index (χ3n) is 4.47. The second-order valence-electron chi connectivity index (χ2n) is 6.42. The predicted molar refractivity (Wildman–Crippen MR) is 105 cm³/mol. The van der Waals surface area contributed by atoms with Crippen molar-refractivity contribution in [3.63, 3.8) is 0 Å². The van der Waals surface area contributed by atoms with Crippen LogP contribution in [-0.4, -0.2) is 37.9 Å². The highest BCUT2D eigenvalue weighted by molar-refractivity contribution is 6.02. The Hall–Kier alpha value is -3.35. The van der Waals surface area contributed by atoms with E-state index in [0.29, 0.717) is 41.4 Å². The van der Waals surface area contributed by atoms with Crippen LogP contribution in [0.15, 0.2) is 42.5 Å². The smallest absolute Gasteiger partial charge is 0.262 e. The van der Waals surface area contributed by atoms with E-state index in [1.807, 2.05) is 12.1 Å². The van der Waals surface area contributed by atoms with Gasteiger partial charge in [0.25, 0.3) is 5.91 Å². The van der Waals surface area contributed by atoms with E-state index in [0.717, 1.165) is 6.42 Å². The zero-order valence-corrected chi connectivity index (χ0v) is 15.9. The van der Waals surface area contributed by atoms with Crippen molar-refractivity contribution in [3.05, 3.63) is 48.0 Å². The average molecular weight is 382 g/mol. The minimum atomic E-state index is -0.364. The third kappa shape index (κ3) is 4.31. The van der Waals surface area contributed by atoms with Gasteiger partial charge in [-0.2, -0.15) is 0 Å². The van der Waals surface area contributed by atoms with Gasteiger partial charge < -0.3 is 19.7 Å². The molecule has 0 bridgehead atoms. The third-order valence-corrected chi connectivity index (χ3v) is 4.47. The van der Waals surface area contributed by atoms with E-state index >= 15 is 0 Å². The van der Waals surface area contributed by atoms with Crippen LogP contribution in [0.4, 0.5) is 11.4 Å². The number of Topliss-reactive ketones (excluding diaryl/α,β-unsaturated/α-hetero) is 1. The lowest BCUT2D eigenvalue weighted by Crippen LogP contribution is -2.27. The number of carbonyl (C=O) groups is 3. The lowest BCUT2D eigenvalue weighted by atomic mass is 10.1. The molecule has 7 heteroatoms. The summed E-state index contributed by atoms with van der Waals surface area (Å²) in [6.07, 6.45) is 1.32. The first kappa shape index (κ1) is 19.4. The second kappa shape index (κ2) is 8.56. The maximum Gasteiger partial charge on any atom is 0.262 e. The van der Waals surface area contributed by atoms with Gasteiger partial charge in [0.15, 0.2) is 23.9 Å².